The van der Waals surface area contributed by atoms with E-state index in [1.807, 2.05) is 0 Å². The average molecular weight is 779 g/mol. The van der Waals surface area contributed by atoms with Gasteiger partial charge in [0.25, 0.3) is 0 Å². The Hall–Kier alpha value is -7.68. The normalized spacial score (nSPS) is 12.9. The minimum Gasteiger partial charge on any atom is -0.310 e. The number of benzene rings is 10. The van der Waals surface area contributed by atoms with E-state index in [0.717, 1.165) is 22.7 Å². The molecule has 0 N–H and O–H groups in total. The largest absolute Gasteiger partial charge is 0.310 e. The summed E-state index contributed by atoms with van der Waals surface area (Å²) in [5.41, 5.74) is 19.5. The Bertz CT molecular complexity index is 3300. The lowest BCUT2D eigenvalue weighted by molar-refractivity contribution is 0.802. The molecule has 288 valence electrons. The van der Waals surface area contributed by atoms with E-state index in [1.54, 1.807) is 0 Å². The first-order valence-electron chi connectivity index (χ1n) is 21.3. The SMILES string of the molecule is Cc1ccccc1N(c1ccccc1)c1ccc2cc3c(cc2c1)C1(c2ccccc2-c2ccccc21)c1c-3ccc2cc(N(c3ccccc3)c3ccccc3C)ccc12. The number of para-hydroxylation sites is 4. The molecule has 0 aliphatic heterocycles. The standard InChI is InChI=1S/C59H42N2/c1-39-17-9-15-27-56(39)60(44-19-5-3-6-20-44)46-31-29-41-37-52-51-33-30-42-35-47(61(45-21-7-4-8-22-45)57-28-16-10-18-40(57)2)32-34-48(42)58(51)59(55(52)38-43(41)36-46)53-25-13-11-23-49(53)50-24-12-14-26-54(50)59/h3-38H,1-2H3. The monoisotopic (exact) mass is 778 g/mol. The Kier molecular flexibility index (Phi) is 7.92. The molecule has 10 aromatic rings. The summed E-state index contributed by atoms with van der Waals surface area (Å²) in [6.45, 7) is 4.40. The van der Waals surface area contributed by atoms with Crippen LogP contribution < -0.4 is 9.80 Å². The summed E-state index contributed by atoms with van der Waals surface area (Å²) in [5, 5.41) is 4.96. The quantitative estimate of drug-likeness (QED) is 0.166. The third kappa shape index (κ3) is 5.22. The Morgan fingerprint density at radius 2 is 0.803 bits per heavy atom. The van der Waals surface area contributed by atoms with Crippen LogP contribution in [0, 0.1) is 13.8 Å². The summed E-state index contributed by atoms with van der Waals surface area (Å²) in [4.78, 5) is 4.79. The number of fused-ring (bicyclic) bond motifs is 13. The third-order valence-corrected chi connectivity index (χ3v) is 13.2. The molecule has 2 heteroatoms. The van der Waals surface area contributed by atoms with Crippen LogP contribution in [-0.4, -0.2) is 0 Å². The van der Waals surface area contributed by atoms with Gasteiger partial charge < -0.3 is 9.80 Å². The fourth-order valence-corrected chi connectivity index (χ4v) is 10.6. The van der Waals surface area contributed by atoms with Crippen LogP contribution in [-0.2, 0) is 5.41 Å². The summed E-state index contributed by atoms with van der Waals surface area (Å²) in [6, 6.07) is 80.9. The average Bonchev–Trinajstić information content (AvgIpc) is 3.77. The van der Waals surface area contributed by atoms with Crippen molar-refractivity contribution in [3.63, 3.8) is 0 Å². The zero-order valence-electron chi connectivity index (χ0n) is 34.2. The van der Waals surface area contributed by atoms with Crippen LogP contribution in [0.2, 0.25) is 0 Å². The van der Waals surface area contributed by atoms with Crippen molar-refractivity contribution in [1.29, 1.82) is 0 Å². The number of anilines is 6. The van der Waals surface area contributed by atoms with Crippen LogP contribution in [0.1, 0.15) is 33.4 Å². The molecule has 0 amide bonds. The Balaban J connectivity index is 1.11. The molecular formula is C59H42N2. The molecular weight excluding hydrogens is 737 g/mol. The maximum atomic E-state index is 2.52. The molecule has 0 heterocycles. The van der Waals surface area contributed by atoms with Crippen LogP contribution in [0.5, 0.6) is 0 Å². The minimum atomic E-state index is -0.507. The van der Waals surface area contributed by atoms with E-state index < -0.39 is 5.41 Å². The predicted octanol–water partition coefficient (Wildman–Crippen LogP) is 15.9. The van der Waals surface area contributed by atoms with E-state index in [0.29, 0.717) is 0 Å². The highest BCUT2D eigenvalue weighted by atomic mass is 15.1. The lowest BCUT2D eigenvalue weighted by atomic mass is 9.69. The summed E-state index contributed by atoms with van der Waals surface area (Å²) in [6.07, 6.45) is 0. The van der Waals surface area contributed by atoms with Crippen molar-refractivity contribution in [2.75, 3.05) is 9.80 Å². The van der Waals surface area contributed by atoms with Crippen molar-refractivity contribution in [2.24, 2.45) is 0 Å². The van der Waals surface area contributed by atoms with Gasteiger partial charge in [-0.25, -0.2) is 0 Å². The second-order valence-electron chi connectivity index (χ2n) is 16.6. The van der Waals surface area contributed by atoms with E-state index in [2.05, 4.69) is 242 Å². The van der Waals surface area contributed by atoms with Crippen molar-refractivity contribution in [1.82, 2.24) is 0 Å². The zero-order chi connectivity index (χ0) is 40.7. The van der Waals surface area contributed by atoms with Gasteiger partial charge in [0.2, 0.25) is 0 Å². The fraction of sp³-hybridized carbons (Fsp3) is 0.0508. The van der Waals surface area contributed by atoms with Gasteiger partial charge in [0.1, 0.15) is 0 Å². The van der Waals surface area contributed by atoms with E-state index >= 15 is 0 Å². The lowest BCUT2D eigenvalue weighted by Crippen LogP contribution is -2.26. The Morgan fingerprint density at radius 3 is 1.39 bits per heavy atom. The summed E-state index contributed by atoms with van der Waals surface area (Å²) in [7, 11) is 0. The van der Waals surface area contributed by atoms with E-state index in [4.69, 9.17) is 0 Å². The van der Waals surface area contributed by atoms with E-state index in [-0.39, 0.29) is 0 Å². The van der Waals surface area contributed by atoms with Gasteiger partial charge in [-0.05, 0) is 164 Å². The summed E-state index contributed by atoms with van der Waals surface area (Å²) >= 11 is 0. The molecule has 10 aromatic carbocycles. The molecule has 0 saturated heterocycles. The molecule has 0 radical (unpaired) electrons. The third-order valence-electron chi connectivity index (χ3n) is 13.2. The fourth-order valence-electron chi connectivity index (χ4n) is 10.6. The first-order valence-corrected chi connectivity index (χ1v) is 21.3. The van der Waals surface area contributed by atoms with Crippen molar-refractivity contribution in [3.8, 4) is 22.3 Å². The van der Waals surface area contributed by atoms with Gasteiger partial charge in [-0.3, -0.25) is 0 Å². The summed E-state index contributed by atoms with van der Waals surface area (Å²) in [5.74, 6) is 0. The van der Waals surface area contributed by atoms with Gasteiger partial charge >= 0.3 is 0 Å². The van der Waals surface area contributed by atoms with Crippen LogP contribution in [0.3, 0.4) is 0 Å². The van der Waals surface area contributed by atoms with E-state index in [1.165, 1.54) is 88.6 Å². The molecule has 1 spiro atoms. The minimum absolute atomic E-state index is 0.507. The molecule has 2 aliphatic carbocycles. The molecule has 0 atom stereocenters. The van der Waals surface area contributed by atoms with Gasteiger partial charge in [-0.15, -0.1) is 0 Å². The number of aryl methyl sites for hydroxylation is 2. The van der Waals surface area contributed by atoms with Crippen LogP contribution >= 0.6 is 0 Å². The number of hydrogen-bond acceptors (Lipinski definition) is 2. The van der Waals surface area contributed by atoms with Gasteiger partial charge in [0.15, 0.2) is 0 Å². The number of nitrogens with zero attached hydrogens (tertiary/aromatic N) is 2. The molecule has 12 rings (SSSR count). The predicted molar refractivity (Wildman–Crippen MR) is 257 cm³/mol. The van der Waals surface area contributed by atoms with Crippen LogP contribution in [0.4, 0.5) is 34.1 Å². The molecule has 0 saturated carbocycles. The maximum Gasteiger partial charge on any atom is 0.0731 e. The summed E-state index contributed by atoms with van der Waals surface area (Å²) < 4.78 is 0. The highest BCUT2D eigenvalue weighted by Gasteiger charge is 2.52. The van der Waals surface area contributed by atoms with Crippen molar-refractivity contribution in [3.05, 3.63) is 252 Å². The van der Waals surface area contributed by atoms with Crippen molar-refractivity contribution >= 4 is 55.7 Å². The second-order valence-corrected chi connectivity index (χ2v) is 16.6. The topological polar surface area (TPSA) is 6.48 Å². The first-order chi connectivity index (χ1) is 30.1. The smallest absolute Gasteiger partial charge is 0.0731 e. The Labute approximate surface area is 357 Å². The number of rotatable bonds is 6. The number of hydrogen-bond donors (Lipinski definition) is 0. The molecule has 0 aromatic heterocycles. The molecule has 0 fully saturated rings. The molecule has 2 aliphatic rings. The molecule has 2 nitrogen and oxygen atoms in total. The van der Waals surface area contributed by atoms with Crippen LogP contribution in [0.25, 0.3) is 43.8 Å². The van der Waals surface area contributed by atoms with Crippen molar-refractivity contribution in [2.45, 2.75) is 19.3 Å². The van der Waals surface area contributed by atoms with Crippen LogP contribution in [0.15, 0.2) is 218 Å². The zero-order valence-corrected chi connectivity index (χ0v) is 34.2. The molecule has 0 unspecified atom stereocenters. The van der Waals surface area contributed by atoms with E-state index in [9.17, 15) is 0 Å². The lowest BCUT2D eigenvalue weighted by Gasteiger charge is -2.32. The highest BCUT2D eigenvalue weighted by molar-refractivity contribution is 6.07. The van der Waals surface area contributed by atoms with Gasteiger partial charge in [-0.2, -0.15) is 0 Å². The first kappa shape index (κ1) is 35.3. The van der Waals surface area contributed by atoms with Crippen molar-refractivity contribution < 1.29 is 0 Å². The maximum absolute atomic E-state index is 2.52. The Morgan fingerprint density at radius 1 is 0.311 bits per heavy atom. The molecule has 0 bridgehead atoms. The van der Waals surface area contributed by atoms with Gasteiger partial charge in [0, 0.05) is 34.1 Å². The van der Waals surface area contributed by atoms with Gasteiger partial charge in [0.05, 0.1) is 5.41 Å². The molecule has 61 heavy (non-hydrogen) atoms. The second kappa shape index (κ2) is 13.7. The van der Waals surface area contributed by atoms with Gasteiger partial charge in [-0.1, -0.05) is 146 Å². The highest BCUT2D eigenvalue weighted by Crippen LogP contribution is 2.64.